The van der Waals surface area contributed by atoms with Gasteiger partial charge in [0.15, 0.2) is 0 Å². The number of carbonyl (C=O) groups excluding carboxylic acids is 1. The van der Waals surface area contributed by atoms with Crippen molar-refractivity contribution in [3.63, 3.8) is 0 Å². The molecule has 0 heterocycles. The quantitative estimate of drug-likeness (QED) is 0.543. The first-order valence-corrected chi connectivity index (χ1v) is 5.60. The van der Waals surface area contributed by atoms with Gasteiger partial charge in [-0.2, -0.15) is 0 Å². The van der Waals surface area contributed by atoms with Gasteiger partial charge in [-0.15, -0.1) is 0 Å². The molecule has 94 valence electrons. The van der Waals surface area contributed by atoms with Crippen molar-refractivity contribution >= 4 is 40.5 Å². The van der Waals surface area contributed by atoms with Crippen LogP contribution >= 0.6 is 23.2 Å². The van der Waals surface area contributed by atoms with Crippen LogP contribution in [0.4, 0.5) is 11.4 Å². The lowest BCUT2D eigenvalue weighted by Gasteiger charge is -2.11. The van der Waals surface area contributed by atoms with Crippen LogP contribution in [-0.4, -0.2) is 25.7 Å². The first kappa shape index (κ1) is 13.9. The molecule has 1 amide bonds. The summed E-state index contributed by atoms with van der Waals surface area (Å²) in [6, 6.07) is 3.19. The van der Waals surface area contributed by atoms with Crippen LogP contribution in [0.5, 0.6) is 0 Å². The van der Waals surface area contributed by atoms with E-state index < -0.39 is 5.91 Å². The standard InChI is InChI=1S/C10H13Cl2N3O2/c11-7-3-6(13)4-8(12)10(7)15-1-2-17-5-9(14)16/h3-4,15H,1-2,5,13H2,(H2,14,16). The van der Waals surface area contributed by atoms with Gasteiger partial charge in [0.25, 0.3) is 0 Å². The van der Waals surface area contributed by atoms with Crippen LogP contribution < -0.4 is 16.8 Å². The number of carbonyl (C=O) groups is 1. The number of hydrogen-bond donors (Lipinski definition) is 3. The predicted molar refractivity (Wildman–Crippen MR) is 69.4 cm³/mol. The topological polar surface area (TPSA) is 90.4 Å². The molecule has 5 N–H and O–H groups in total. The molecule has 0 aliphatic heterocycles. The second-order valence-corrected chi connectivity index (χ2v) is 4.12. The molecule has 0 radical (unpaired) electrons. The minimum Gasteiger partial charge on any atom is -0.399 e. The second kappa shape index (κ2) is 6.54. The Labute approximate surface area is 109 Å². The molecule has 1 rings (SSSR count). The number of rotatable bonds is 6. The molecule has 7 heteroatoms. The number of ether oxygens (including phenoxy) is 1. The van der Waals surface area contributed by atoms with Gasteiger partial charge in [0.2, 0.25) is 5.91 Å². The maximum atomic E-state index is 10.4. The Morgan fingerprint density at radius 3 is 2.47 bits per heavy atom. The third-order valence-electron chi connectivity index (χ3n) is 1.86. The Hall–Kier alpha value is -1.17. The van der Waals surface area contributed by atoms with E-state index in [2.05, 4.69) is 5.32 Å². The predicted octanol–water partition coefficient (Wildman–Crippen LogP) is 1.49. The van der Waals surface area contributed by atoms with E-state index in [0.717, 1.165) is 0 Å². The van der Waals surface area contributed by atoms with Crippen molar-refractivity contribution in [1.82, 2.24) is 0 Å². The molecule has 0 aromatic heterocycles. The van der Waals surface area contributed by atoms with Crippen LogP contribution in [0.3, 0.4) is 0 Å². The molecular weight excluding hydrogens is 265 g/mol. The molecule has 0 fully saturated rings. The van der Waals surface area contributed by atoms with Crippen molar-refractivity contribution in [3.8, 4) is 0 Å². The van der Waals surface area contributed by atoms with Gasteiger partial charge in [-0.3, -0.25) is 4.79 Å². The summed E-state index contributed by atoms with van der Waals surface area (Å²) in [5.41, 5.74) is 11.6. The number of nitrogen functional groups attached to an aromatic ring is 1. The monoisotopic (exact) mass is 277 g/mol. The summed E-state index contributed by atoms with van der Waals surface area (Å²) in [5, 5.41) is 3.86. The average Bonchev–Trinajstić information content (AvgIpc) is 2.20. The Morgan fingerprint density at radius 1 is 1.35 bits per heavy atom. The first-order valence-electron chi connectivity index (χ1n) is 4.85. The van der Waals surface area contributed by atoms with Gasteiger partial charge >= 0.3 is 0 Å². The molecule has 0 unspecified atom stereocenters. The van der Waals surface area contributed by atoms with E-state index in [-0.39, 0.29) is 6.61 Å². The lowest BCUT2D eigenvalue weighted by Crippen LogP contribution is -2.20. The lowest BCUT2D eigenvalue weighted by molar-refractivity contribution is -0.122. The highest BCUT2D eigenvalue weighted by Crippen LogP contribution is 2.32. The molecule has 0 aliphatic carbocycles. The molecular formula is C10H13Cl2N3O2. The molecule has 0 spiro atoms. The minimum atomic E-state index is -0.506. The first-order chi connectivity index (χ1) is 8.00. The van der Waals surface area contributed by atoms with E-state index in [1.165, 1.54) is 0 Å². The SMILES string of the molecule is NC(=O)COCCNc1c(Cl)cc(N)cc1Cl. The van der Waals surface area contributed by atoms with E-state index in [4.69, 9.17) is 39.4 Å². The van der Waals surface area contributed by atoms with Gasteiger partial charge < -0.3 is 21.5 Å². The Balaban J connectivity index is 2.44. The number of amides is 1. The summed E-state index contributed by atoms with van der Waals surface area (Å²) < 4.78 is 4.97. The minimum absolute atomic E-state index is 0.106. The van der Waals surface area contributed by atoms with Crippen LogP contribution in [0, 0.1) is 0 Å². The van der Waals surface area contributed by atoms with E-state index in [1.54, 1.807) is 12.1 Å². The van der Waals surface area contributed by atoms with Crippen LogP contribution in [0.15, 0.2) is 12.1 Å². The van der Waals surface area contributed by atoms with Crippen molar-refractivity contribution in [2.75, 3.05) is 30.8 Å². The fraction of sp³-hybridized carbons (Fsp3) is 0.300. The molecule has 1 aromatic rings. The van der Waals surface area contributed by atoms with Crippen LogP contribution in [0.1, 0.15) is 0 Å². The Morgan fingerprint density at radius 2 is 1.94 bits per heavy atom. The lowest BCUT2D eigenvalue weighted by atomic mass is 10.3. The smallest absolute Gasteiger partial charge is 0.243 e. The Kier molecular flexibility index (Phi) is 5.34. The number of nitrogens with one attached hydrogen (secondary N) is 1. The number of nitrogens with two attached hydrogens (primary N) is 2. The summed E-state index contributed by atoms with van der Waals surface area (Å²) in [5.74, 6) is -0.506. The number of hydrogen-bond acceptors (Lipinski definition) is 4. The van der Waals surface area contributed by atoms with Crippen LogP contribution in [0.2, 0.25) is 10.0 Å². The normalized spacial score (nSPS) is 10.2. The number of halogens is 2. The Bertz CT molecular complexity index is 390. The highest BCUT2D eigenvalue weighted by Gasteiger charge is 2.06. The number of primary amides is 1. The summed E-state index contributed by atoms with van der Waals surface area (Å²) in [6.07, 6.45) is 0. The molecule has 0 aliphatic rings. The molecule has 17 heavy (non-hydrogen) atoms. The van der Waals surface area contributed by atoms with E-state index in [0.29, 0.717) is 34.6 Å². The fourth-order valence-corrected chi connectivity index (χ4v) is 1.82. The van der Waals surface area contributed by atoms with Gasteiger partial charge in [0.05, 0.1) is 22.3 Å². The highest BCUT2D eigenvalue weighted by molar-refractivity contribution is 6.39. The van der Waals surface area contributed by atoms with Crippen molar-refractivity contribution in [2.45, 2.75) is 0 Å². The molecule has 0 bridgehead atoms. The number of benzene rings is 1. The van der Waals surface area contributed by atoms with Crippen LogP contribution in [-0.2, 0) is 9.53 Å². The van der Waals surface area contributed by atoms with Crippen molar-refractivity contribution < 1.29 is 9.53 Å². The average molecular weight is 278 g/mol. The molecule has 0 saturated heterocycles. The summed E-state index contributed by atoms with van der Waals surface area (Å²) in [6.45, 7) is 0.668. The van der Waals surface area contributed by atoms with Crippen molar-refractivity contribution in [3.05, 3.63) is 22.2 Å². The van der Waals surface area contributed by atoms with Crippen molar-refractivity contribution in [2.24, 2.45) is 5.73 Å². The van der Waals surface area contributed by atoms with Gasteiger partial charge in [-0.1, -0.05) is 23.2 Å². The molecule has 5 nitrogen and oxygen atoms in total. The molecule has 1 aromatic carbocycles. The zero-order valence-corrected chi connectivity index (χ0v) is 10.5. The van der Waals surface area contributed by atoms with Gasteiger partial charge in [0, 0.05) is 12.2 Å². The van der Waals surface area contributed by atoms with Gasteiger partial charge in [-0.25, -0.2) is 0 Å². The summed E-state index contributed by atoms with van der Waals surface area (Å²) in [7, 11) is 0. The second-order valence-electron chi connectivity index (χ2n) is 3.31. The third-order valence-corrected chi connectivity index (χ3v) is 2.45. The number of anilines is 2. The van der Waals surface area contributed by atoms with Crippen molar-refractivity contribution in [1.29, 1.82) is 0 Å². The highest BCUT2D eigenvalue weighted by atomic mass is 35.5. The summed E-state index contributed by atoms with van der Waals surface area (Å²) >= 11 is 11.9. The fourth-order valence-electron chi connectivity index (χ4n) is 1.18. The molecule has 0 atom stereocenters. The van der Waals surface area contributed by atoms with E-state index in [9.17, 15) is 4.79 Å². The largest absolute Gasteiger partial charge is 0.399 e. The molecule has 0 saturated carbocycles. The third kappa shape index (κ3) is 4.68. The van der Waals surface area contributed by atoms with E-state index >= 15 is 0 Å². The van der Waals surface area contributed by atoms with Gasteiger partial charge in [0.1, 0.15) is 6.61 Å². The zero-order valence-electron chi connectivity index (χ0n) is 9.00. The van der Waals surface area contributed by atoms with E-state index in [1.807, 2.05) is 0 Å². The maximum absolute atomic E-state index is 10.4. The van der Waals surface area contributed by atoms with Crippen LogP contribution in [0.25, 0.3) is 0 Å². The van der Waals surface area contributed by atoms with Gasteiger partial charge in [-0.05, 0) is 12.1 Å². The zero-order chi connectivity index (χ0) is 12.8. The maximum Gasteiger partial charge on any atom is 0.243 e. The summed E-state index contributed by atoms with van der Waals surface area (Å²) in [4.78, 5) is 10.4.